The second kappa shape index (κ2) is 6.70. The molecule has 6 heteroatoms. The number of benzene rings is 2. The smallest absolute Gasteiger partial charge is 0.274 e. The van der Waals surface area contributed by atoms with Gasteiger partial charge in [0.1, 0.15) is 0 Å². The van der Waals surface area contributed by atoms with Gasteiger partial charge in [0.2, 0.25) is 0 Å². The summed E-state index contributed by atoms with van der Waals surface area (Å²) in [4.78, 5) is 23.8. The van der Waals surface area contributed by atoms with E-state index in [9.17, 15) is 14.0 Å². The number of halogens is 3. The molecule has 0 saturated carbocycles. The van der Waals surface area contributed by atoms with E-state index in [0.717, 1.165) is 0 Å². The third-order valence-corrected chi connectivity index (χ3v) is 3.15. The molecule has 1 atom stereocenters. The van der Waals surface area contributed by atoms with Crippen LogP contribution in [0.5, 0.6) is 0 Å². The Bertz CT molecular complexity index is 675. The third-order valence-electron chi connectivity index (χ3n) is 2.72. The van der Waals surface area contributed by atoms with Crippen molar-refractivity contribution in [3.8, 4) is 0 Å². The fourth-order valence-corrected chi connectivity index (χ4v) is 1.97. The van der Waals surface area contributed by atoms with Crippen LogP contribution in [-0.4, -0.2) is 17.3 Å². The zero-order chi connectivity index (χ0) is 15.4. The summed E-state index contributed by atoms with van der Waals surface area (Å²) >= 11 is 11.0. The van der Waals surface area contributed by atoms with Crippen LogP contribution in [0.4, 0.5) is 10.1 Å². The second-order valence-electron chi connectivity index (χ2n) is 4.18. The molecule has 1 unspecified atom stereocenters. The van der Waals surface area contributed by atoms with Crippen LogP contribution >= 0.6 is 23.2 Å². The van der Waals surface area contributed by atoms with Gasteiger partial charge in [0, 0.05) is 16.1 Å². The fourth-order valence-electron chi connectivity index (χ4n) is 1.75. The SMILES string of the molecule is O=C(c1ccccc1)c1cc(Cl)ccc1NC(=O)C(F)Cl. The first-order chi connectivity index (χ1) is 9.99. The molecule has 0 spiro atoms. The lowest BCUT2D eigenvalue weighted by Gasteiger charge is -2.11. The van der Waals surface area contributed by atoms with Gasteiger partial charge in [0.05, 0.1) is 5.69 Å². The predicted molar refractivity (Wildman–Crippen MR) is 80.7 cm³/mol. The molecular formula is C15H10Cl2FNO2. The highest BCUT2D eigenvalue weighted by Gasteiger charge is 2.19. The number of ketones is 1. The maximum absolute atomic E-state index is 12.8. The normalized spacial score (nSPS) is 11.8. The average molecular weight is 326 g/mol. The Hall–Kier alpha value is -1.91. The molecule has 0 heterocycles. The molecule has 0 fully saturated rings. The van der Waals surface area contributed by atoms with Gasteiger partial charge in [-0.15, -0.1) is 0 Å². The van der Waals surface area contributed by atoms with E-state index >= 15 is 0 Å². The Balaban J connectivity index is 2.40. The Morgan fingerprint density at radius 2 is 1.76 bits per heavy atom. The Morgan fingerprint density at radius 1 is 1.10 bits per heavy atom. The van der Waals surface area contributed by atoms with Crippen molar-refractivity contribution < 1.29 is 14.0 Å². The van der Waals surface area contributed by atoms with Gasteiger partial charge in [-0.05, 0) is 18.2 Å². The summed E-state index contributed by atoms with van der Waals surface area (Å²) in [5.41, 5.74) is -1.45. The zero-order valence-electron chi connectivity index (χ0n) is 10.6. The molecule has 0 aliphatic heterocycles. The highest BCUT2D eigenvalue weighted by atomic mass is 35.5. The number of rotatable bonds is 4. The van der Waals surface area contributed by atoms with Crippen LogP contribution in [-0.2, 0) is 4.79 Å². The van der Waals surface area contributed by atoms with E-state index in [1.165, 1.54) is 18.2 Å². The molecule has 3 nitrogen and oxygen atoms in total. The van der Waals surface area contributed by atoms with E-state index in [2.05, 4.69) is 5.32 Å². The Kier molecular flexibility index (Phi) is 4.94. The summed E-state index contributed by atoms with van der Waals surface area (Å²) in [7, 11) is 0. The first kappa shape index (κ1) is 15.5. The lowest BCUT2D eigenvalue weighted by Crippen LogP contribution is -2.21. The number of nitrogens with one attached hydrogen (secondary N) is 1. The number of alkyl halides is 2. The summed E-state index contributed by atoms with van der Waals surface area (Å²) in [5.74, 6) is -1.38. The van der Waals surface area contributed by atoms with Gasteiger partial charge in [0.25, 0.3) is 11.5 Å². The predicted octanol–water partition coefficient (Wildman–Crippen LogP) is 4.04. The minimum absolute atomic E-state index is 0.154. The fraction of sp³-hybridized carbons (Fsp3) is 0.0667. The summed E-state index contributed by atoms with van der Waals surface area (Å²) in [6, 6.07) is 12.8. The van der Waals surface area contributed by atoms with Gasteiger partial charge in [0.15, 0.2) is 5.78 Å². The van der Waals surface area contributed by atoms with Crippen molar-refractivity contribution in [1.29, 1.82) is 0 Å². The molecule has 0 aliphatic rings. The van der Waals surface area contributed by atoms with E-state index in [-0.39, 0.29) is 17.0 Å². The van der Waals surface area contributed by atoms with Crippen LogP contribution in [0.15, 0.2) is 48.5 Å². The topological polar surface area (TPSA) is 46.2 Å². The first-order valence-corrected chi connectivity index (χ1v) is 6.79. The van der Waals surface area contributed by atoms with E-state index in [0.29, 0.717) is 10.6 Å². The standard InChI is InChI=1S/C15H10Cl2FNO2/c16-10-6-7-12(19-15(21)14(17)18)11(8-10)13(20)9-4-2-1-3-5-9/h1-8,14H,(H,19,21). The van der Waals surface area contributed by atoms with Crippen LogP contribution < -0.4 is 5.32 Å². The van der Waals surface area contributed by atoms with Crippen molar-refractivity contribution in [2.24, 2.45) is 0 Å². The maximum Gasteiger partial charge on any atom is 0.274 e. The highest BCUT2D eigenvalue weighted by Crippen LogP contribution is 2.24. The maximum atomic E-state index is 12.8. The number of amides is 1. The Labute approximate surface area is 130 Å². The van der Waals surface area contributed by atoms with E-state index < -0.39 is 11.5 Å². The minimum atomic E-state index is -2.19. The molecule has 21 heavy (non-hydrogen) atoms. The Morgan fingerprint density at radius 3 is 2.38 bits per heavy atom. The minimum Gasteiger partial charge on any atom is -0.322 e. The van der Waals surface area contributed by atoms with Gasteiger partial charge in [-0.25, -0.2) is 4.39 Å². The molecule has 0 aliphatic carbocycles. The molecule has 0 aromatic heterocycles. The lowest BCUT2D eigenvalue weighted by atomic mass is 10.0. The summed E-state index contributed by atoms with van der Waals surface area (Å²) < 4.78 is 12.8. The summed E-state index contributed by atoms with van der Waals surface area (Å²) in [5, 5.41) is 2.59. The third kappa shape index (κ3) is 3.80. The molecule has 108 valence electrons. The van der Waals surface area contributed by atoms with Crippen molar-refractivity contribution in [3.05, 3.63) is 64.7 Å². The van der Waals surface area contributed by atoms with Crippen LogP contribution in [0.25, 0.3) is 0 Å². The van der Waals surface area contributed by atoms with Crippen LogP contribution in [0.3, 0.4) is 0 Å². The van der Waals surface area contributed by atoms with Crippen molar-refractivity contribution in [2.75, 3.05) is 5.32 Å². The number of hydrogen-bond donors (Lipinski definition) is 1. The molecule has 1 N–H and O–H groups in total. The van der Waals surface area contributed by atoms with Crippen molar-refractivity contribution in [3.63, 3.8) is 0 Å². The van der Waals surface area contributed by atoms with Crippen molar-refractivity contribution in [1.82, 2.24) is 0 Å². The molecule has 2 rings (SSSR count). The second-order valence-corrected chi connectivity index (χ2v) is 4.99. The summed E-state index contributed by atoms with van der Waals surface area (Å²) in [6.45, 7) is 0. The van der Waals surface area contributed by atoms with E-state index in [1.54, 1.807) is 30.3 Å². The van der Waals surface area contributed by atoms with Crippen molar-refractivity contribution in [2.45, 2.75) is 5.63 Å². The van der Waals surface area contributed by atoms with Crippen LogP contribution in [0.1, 0.15) is 15.9 Å². The van der Waals surface area contributed by atoms with Gasteiger partial charge in [-0.1, -0.05) is 53.5 Å². The lowest BCUT2D eigenvalue weighted by molar-refractivity contribution is -0.118. The van der Waals surface area contributed by atoms with E-state index in [4.69, 9.17) is 23.2 Å². The molecular weight excluding hydrogens is 316 g/mol. The van der Waals surface area contributed by atoms with Crippen LogP contribution in [0, 0.1) is 0 Å². The highest BCUT2D eigenvalue weighted by molar-refractivity contribution is 6.32. The first-order valence-electron chi connectivity index (χ1n) is 5.97. The van der Waals surface area contributed by atoms with Crippen LogP contribution in [0.2, 0.25) is 5.02 Å². The number of carbonyl (C=O) groups is 2. The molecule has 2 aromatic rings. The summed E-state index contributed by atoms with van der Waals surface area (Å²) in [6.07, 6.45) is 0. The number of carbonyl (C=O) groups excluding carboxylic acids is 2. The van der Waals surface area contributed by atoms with Gasteiger partial charge in [-0.2, -0.15) is 0 Å². The largest absolute Gasteiger partial charge is 0.322 e. The zero-order valence-corrected chi connectivity index (χ0v) is 12.2. The molecule has 0 radical (unpaired) electrons. The van der Waals surface area contributed by atoms with Gasteiger partial charge >= 0.3 is 0 Å². The molecule has 0 bridgehead atoms. The molecule has 2 aromatic carbocycles. The van der Waals surface area contributed by atoms with E-state index in [1.807, 2.05) is 0 Å². The molecule has 1 amide bonds. The number of anilines is 1. The van der Waals surface area contributed by atoms with Gasteiger partial charge < -0.3 is 5.32 Å². The van der Waals surface area contributed by atoms with Gasteiger partial charge in [-0.3, -0.25) is 9.59 Å². The molecule has 0 saturated heterocycles. The monoisotopic (exact) mass is 325 g/mol. The number of hydrogen-bond acceptors (Lipinski definition) is 2. The van der Waals surface area contributed by atoms with Crippen molar-refractivity contribution >= 4 is 40.6 Å². The quantitative estimate of drug-likeness (QED) is 0.681. The average Bonchev–Trinajstić information content (AvgIpc) is 2.49.